The molecule has 6 heteroatoms. The van der Waals surface area contributed by atoms with Crippen molar-refractivity contribution in [1.29, 1.82) is 0 Å². The highest BCUT2D eigenvalue weighted by atomic mass is 16.5. The first-order chi connectivity index (χ1) is 16.4. The van der Waals surface area contributed by atoms with Gasteiger partial charge < -0.3 is 14.5 Å². The van der Waals surface area contributed by atoms with Gasteiger partial charge in [-0.15, -0.1) is 0 Å². The van der Waals surface area contributed by atoms with E-state index in [9.17, 15) is 14.4 Å². The van der Waals surface area contributed by atoms with Gasteiger partial charge in [-0.25, -0.2) is 0 Å². The molecule has 6 nitrogen and oxygen atoms in total. The van der Waals surface area contributed by atoms with E-state index in [1.54, 1.807) is 0 Å². The second kappa shape index (κ2) is 12.4. The lowest BCUT2D eigenvalue weighted by Gasteiger charge is -2.31. The number of esters is 1. The molecule has 1 saturated heterocycles. The highest BCUT2D eigenvalue weighted by molar-refractivity contribution is 5.93. The van der Waals surface area contributed by atoms with E-state index >= 15 is 0 Å². The molecule has 3 rings (SSSR count). The highest BCUT2D eigenvalue weighted by Crippen LogP contribution is 2.23. The largest absolute Gasteiger partial charge is 0.466 e. The van der Waals surface area contributed by atoms with Gasteiger partial charge in [0.2, 0.25) is 11.8 Å². The molecule has 34 heavy (non-hydrogen) atoms. The van der Waals surface area contributed by atoms with Crippen LogP contribution in [0.3, 0.4) is 0 Å². The van der Waals surface area contributed by atoms with Crippen LogP contribution in [-0.4, -0.2) is 42.4 Å². The minimum absolute atomic E-state index is 0.0441. The number of carbonyl (C=O) groups excluding carboxylic acids is 3. The van der Waals surface area contributed by atoms with Crippen molar-refractivity contribution in [3.8, 4) is 0 Å². The summed E-state index contributed by atoms with van der Waals surface area (Å²) in [7, 11) is 0. The summed E-state index contributed by atoms with van der Waals surface area (Å²) in [6, 6.07) is 17.7. The van der Waals surface area contributed by atoms with Crippen molar-refractivity contribution in [1.82, 2.24) is 4.90 Å². The predicted molar refractivity (Wildman–Crippen MR) is 133 cm³/mol. The smallest absolute Gasteiger partial charge is 0.309 e. The summed E-state index contributed by atoms with van der Waals surface area (Å²) in [5.41, 5.74) is 2.75. The number of anilines is 1. The van der Waals surface area contributed by atoms with Crippen LogP contribution in [-0.2, 0) is 32.1 Å². The van der Waals surface area contributed by atoms with Crippen LogP contribution in [0.15, 0.2) is 54.6 Å². The van der Waals surface area contributed by atoms with Crippen LogP contribution in [0.1, 0.15) is 51.2 Å². The van der Waals surface area contributed by atoms with Gasteiger partial charge in [0.25, 0.3) is 0 Å². The summed E-state index contributed by atoms with van der Waals surface area (Å²) in [6.07, 6.45) is 2.01. The van der Waals surface area contributed by atoms with Gasteiger partial charge in [-0.3, -0.25) is 14.4 Å². The molecule has 1 aliphatic rings. The number of rotatable bonds is 9. The van der Waals surface area contributed by atoms with Crippen LogP contribution in [0.4, 0.5) is 5.69 Å². The van der Waals surface area contributed by atoms with Crippen LogP contribution < -0.4 is 4.90 Å². The van der Waals surface area contributed by atoms with Gasteiger partial charge in [-0.05, 0) is 48.9 Å². The second-order valence-corrected chi connectivity index (χ2v) is 9.32. The van der Waals surface area contributed by atoms with Crippen molar-refractivity contribution < 1.29 is 19.1 Å². The molecular weight excluding hydrogens is 428 g/mol. The van der Waals surface area contributed by atoms with Gasteiger partial charge in [0.05, 0.1) is 25.5 Å². The first-order valence-electron chi connectivity index (χ1n) is 12.2. The van der Waals surface area contributed by atoms with Crippen LogP contribution in [0.5, 0.6) is 0 Å². The van der Waals surface area contributed by atoms with Crippen LogP contribution in [0.25, 0.3) is 0 Å². The maximum Gasteiger partial charge on any atom is 0.309 e. The number of amides is 2. The van der Waals surface area contributed by atoms with Crippen LogP contribution in [0.2, 0.25) is 0 Å². The Balaban J connectivity index is 1.68. The average Bonchev–Trinajstić information content (AvgIpc) is 2.83. The Kier molecular flexibility index (Phi) is 9.25. The number of likely N-dealkylation sites (tertiary alicyclic amines) is 1. The molecule has 2 aromatic carbocycles. The summed E-state index contributed by atoms with van der Waals surface area (Å²) < 4.78 is 5.12. The minimum atomic E-state index is -0.160. The fourth-order valence-corrected chi connectivity index (χ4v) is 4.29. The number of hydrogen-bond donors (Lipinski definition) is 0. The van der Waals surface area contributed by atoms with Gasteiger partial charge >= 0.3 is 5.97 Å². The molecule has 0 atom stereocenters. The maximum atomic E-state index is 13.1. The van der Waals surface area contributed by atoms with Gasteiger partial charge in [0, 0.05) is 25.2 Å². The fraction of sp³-hybridized carbons (Fsp3) is 0.464. The molecule has 0 radical (unpaired) electrons. The van der Waals surface area contributed by atoms with E-state index in [2.05, 4.69) is 0 Å². The molecule has 0 aliphatic carbocycles. The molecular formula is C28H36N2O4. The Labute approximate surface area is 202 Å². The van der Waals surface area contributed by atoms with Crippen molar-refractivity contribution in [2.24, 2.45) is 11.8 Å². The quantitative estimate of drug-likeness (QED) is 0.508. The maximum absolute atomic E-state index is 13.1. The second-order valence-electron chi connectivity index (χ2n) is 9.32. The monoisotopic (exact) mass is 464 g/mol. The molecule has 0 spiro atoms. The highest BCUT2D eigenvalue weighted by Gasteiger charge is 2.28. The summed E-state index contributed by atoms with van der Waals surface area (Å²) >= 11 is 0. The lowest BCUT2D eigenvalue weighted by molar-refractivity contribution is -0.151. The van der Waals surface area contributed by atoms with E-state index in [4.69, 9.17) is 4.74 Å². The van der Waals surface area contributed by atoms with E-state index in [0.29, 0.717) is 45.5 Å². The topological polar surface area (TPSA) is 66.9 Å². The van der Waals surface area contributed by atoms with Crippen molar-refractivity contribution >= 4 is 23.5 Å². The summed E-state index contributed by atoms with van der Waals surface area (Å²) in [4.78, 5) is 41.6. The SMILES string of the molecule is CCOC(=O)C1CCN(C(=O)Cc2cccc(N(Cc3ccccc3)C(=O)CC(C)C)c2)CC1. The molecule has 0 unspecified atom stereocenters. The normalized spacial score (nSPS) is 14.2. The first-order valence-corrected chi connectivity index (χ1v) is 12.2. The van der Waals surface area contributed by atoms with Gasteiger partial charge in [-0.2, -0.15) is 0 Å². The molecule has 1 aliphatic heterocycles. The van der Waals surface area contributed by atoms with Crippen molar-refractivity contribution in [2.45, 2.75) is 53.0 Å². The Bertz CT molecular complexity index is 965. The third-order valence-corrected chi connectivity index (χ3v) is 6.11. The Morgan fingerprint density at radius 3 is 2.32 bits per heavy atom. The fourth-order valence-electron chi connectivity index (χ4n) is 4.29. The van der Waals surface area contributed by atoms with Gasteiger partial charge in [0.1, 0.15) is 0 Å². The molecule has 182 valence electrons. The molecule has 1 fully saturated rings. The lowest BCUT2D eigenvalue weighted by Crippen LogP contribution is -2.41. The molecule has 2 aromatic rings. The lowest BCUT2D eigenvalue weighted by atomic mass is 9.96. The van der Waals surface area contributed by atoms with Gasteiger partial charge in [0.15, 0.2) is 0 Å². The minimum Gasteiger partial charge on any atom is -0.466 e. The Hall–Kier alpha value is -3.15. The summed E-state index contributed by atoms with van der Waals surface area (Å²) in [5, 5.41) is 0. The summed E-state index contributed by atoms with van der Waals surface area (Å²) in [6.45, 7) is 7.89. The molecule has 1 heterocycles. The average molecular weight is 465 g/mol. The number of carbonyl (C=O) groups is 3. The molecule has 0 saturated carbocycles. The first kappa shape index (κ1) is 25.5. The molecule has 2 amide bonds. The summed E-state index contributed by atoms with van der Waals surface area (Å²) in [5.74, 6) is 0.0942. The zero-order chi connectivity index (χ0) is 24.5. The van der Waals surface area contributed by atoms with E-state index in [0.717, 1.165) is 16.8 Å². The zero-order valence-corrected chi connectivity index (χ0v) is 20.5. The number of nitrogens with zero attached hydrogens (tertiary/aromatic N) is 2. The Morgan fingerprint density at radius 2 is 1.68 bits per heavy atom. The van der Waals surface area contributed by atoms with E-state index < -0.39 is 0 Å². The van der Waals surface area contributed by atoms with E-state index in [1.807, 2.05) is 85.2 Å². The van der Waals surface area contributed by atoms with Crippen molar-refractivity contribution in [3.05, 3.63) is 65.7 Å². The molecule has 0 N–H and O–H groups in total. The van der Waals surface area contributed by atoms with E-state index in [-0.39, 0.29) is 36.0 Å². The number of piperidine rings is 1. The molecule has 0 bridgehead atoms. The van der Waals surface area contributed by atoms with Gasteiger partial charge in [-0.1, -0.05) is 56.3 Å². The molecule has 0 aromatic heterocycles. The van der Waals surface area contributed by atoms with Crippen molar-refractivity contribution in [3.63, 3.8) is 0 Å². The number of hydrogen-bond acceptors (Lipinski definition) is 4. The van der Waals surface area contributed by atoms with Crippen molar-refractivity contribution in [2.75, 3.05) is 24.6 Å². The third-order valence-electron chi connectivity index (χ3n) is 6.11. The third kappa shape index (κ3) is 7.17. The Morgan fingerprint density at radius 1 is 1.00 bits per heavy atom. The van der Waals surface area contributed by atoms with Crippen LogP contribution >= 0.6 is 0 Å². The van der Waals surface area contributed by atoms with Crippen LogP contribution in [0, 0.1) is 11.8 Å². The standard InChI is InChI=1S/C28H36N2O4/c1-4-34-28(33)24-13-15-29(16-14-24)26(31)19-23-11-8-12-25(18-23)30(27(32)17-21(2)3)20-22-9-6-5-7-10-22/h5-12,18,21,24H,4,13-17,19-20H2,1-3H3. The van der Waals surface area contributed by atoms with E-state index in [1.165, 1.54) is 0 Å². The number of ether oxygens (including phenoxy) is 1. The zero-order valence-electron chi connectivity index (χ0n) is 20.5. The predicted octanol–water partition coefficient (Wildman–Crippen LogP) is 4.61. The number of benzene rings is 2.